The third kappa shape index (κ3) is 4.69. The zero-order chi connectivity index (χ0) is 13.8. The average Bonchev–Trinajstić information content (AvgIpc) is 2.27. The Morgan fingerprint density at radius 3 is 2.50 bits per heavy atom. The number of hydrogen-bond acceptors (Lipinski definition) is 2. The molecule has 1 rings (SSSR count). The van der Waals surface area contributed by atoms with Crippen LogP contribution in [0.4, 0.5) is 0 Å². The summed E-state index contributed by atoms with van der Waals surface area (Å²) in [6, 6.07) is 6.38. The van der Waals surface area contributed by atoms with Gasteiger partial charge in [0.25, 0.3) is 0 Å². The second-order valence-electron chi connectivity index (χ2n) is 5.83. The molecule has 0 radical (unpaired) electrons. The van der Waals surface area contributed by atoms with Crippen LogP contribution in [0.15, 0.2) is 18.2 Å². The van der Waals surface area contributed by atoms with E-state index in [9.17, 15) is 5.11 Å². The molecule has 0 spiro atoms. The van der Waals surface area contributed by atoms with Gasteiger partial charge in [-0.15, -0.1) is 0 Å². The lowest BCUT2D eigenvalue weighted by Crippen LogP contribution is -2.18. The number of benzene rings is 1. The molecule has 1 unspecified atom stereocenters. The van der Waals surface area contributed by atoms with Gasteiger partial charge in [0.2, 0.25) is 0 Å². The lowest BCUT2D eigenvalue weighted by Gasteiger charge is -2.19. The van der Waals surface area contributed by atoms with Gasteiger partial charge in [0.15, 0.2) is 0 Å². The van der Waals surface area contributed by atoms with Crippen LogP contribution in [0.1, 0.15) is 57.1 Å². The molecule has 0 bridgehead atoms. The highest BCUT2D eigenvalue weighted by atomic mass is 16.5. The molecule has 0 aromatic heterocycles. The standard InChI is InChI=1S/C16H26O2/c1-12(7-6-10-16(3,4)17)14-8-9-15(18-5)13(2)11-14/h8-9,11-12,17H,6-7,10H2,1-5H3. The van der Waals surface area contributed by atoms with Crippen LogP contribution in [-0.2, 0) is 0 Å². The average molecular weight is 250 g/mol. The molecule has 1 N–H and O–H groups in total. The fourth-order valence-electron chi connectivity index (χ4n) is 2.22. The molecule has 1 aromatic rings. The number of aryl methyl sites for hydroxylation is 1. The van der Waals surface area contributed by atoms with Crippen molar-refractivity contribution in [2.75, 3.05) is 7.11 Å². The molecule has 0 aliphatic carbocycles. The van der Waals surface area contributed by atoms with Crippen LogP contribution in [0.5, 0.6) is 5.75 Å². The quantitative estimate of drug-likeness (QED) is 0.825. The summed E-state index contributed by atoms with van der Waals surface area (Å²) in [4.78, 5) is 0. The summed E-state index contributed by atoms with van der Waals surface area (Å²) in [6.07, 6.45) is 3.01. The van der Waals surface area contributed by atoms with Gasteiger partial charge in [0.05, 0.1) is 12.7 Å². The van der Waals surface area contributed by atoms with E-state index in [1.165, 1.54) is 11.1 Å². The molecule has 102 valence electrons. The minimum absolute atomic E-state index is 0.525. The van der Waals surface area contributed by atoms with Gasteiger partial charge in [0.1, 0.15) is 5.75 Å². The molecular formula is C16H26O2. The number of ether oxygens (including phenoxy) is 1. The third-order valence-corrected chi connectivity index (χ3v) is 3.41. The number of aliphatic hydroxyl groups is 1. The van der Waals surface area contributed by atoms with Crippen molar-refractivity contribution >= 4 is 0 Å². The molecule has 0 amide bonds. The van der Waals surface area contributed by atoms with Crippen molar-refractivity contribution in [1.29, 1.82) is 0 Å². The van der Waals surface area contributed by atoms with Crippen LogP contribution >= 0.6 is 0 Å². The van der Waals surface area contributed by atoms with Gasteiger partial charge in [-0.05, 0) is 56.7 Å². The molecule has 1 atom stereocenters. The lowest BCUT2D eigenvalue weighted by molar-refractivity contribution is 0.0678. The van der Waals surface area contributed by atoms with E-state index >= 15 is 0 Å². The van der Waals surface area contributed by atoms with E-state index in [1.54, 1.807) is 7.11 Å². The highest BCUT2D eigenvalue weighted by Crippen LogP contribution is 2.27. The van der Waals surface area contributed by atoms with E-state index < -0.39 is 5.60 Å². The molecular weight excluding hydrogens is 224 g/mol. The van der Waals surface area contributed by atoms with E-state index in [4.69, 9.17) is 4.74 Å². The zero-order valence-electron chi connectivity index (χ0n) is 12.3. The SMILES string of the molecule is COc1ccc(C(C)CCCC(C)(C)O)cc1C. The first-order valence-corrected chi connectivity index (χ1v) is 6.70. The fourth-order valence-corrected chi connectivity index (χ4v) is 2.22. The van der Waals surface area contributed by atoms with E-state index in [0.717, 1.165) is 25.0 Å². The van der Waals surface area contributed by atoms with Crippen molar-refractivity contribution in [2.45, 2.75) is 58.5 Å². The Labute approximate surface area is 111 Å². The molecule has 1 aromatic carbocycles. The van der Waals surface area contributed by atoms with E-state index in [-0.39, 0.29) is 0 Å². The number of methoxy groups -OCH3 is 1. The zero-order valence-corrected chi connectivity index (χ0v) is 12.3. The summed E-state index contributed by atoms with van der Waals surface area (Å²) >= 11 is 0. The second kappa shape index (κ2) is 6.24. The Morgan fingerprint density at radius 2 is 2.00 bits per heavy atom. The number of rotatable bonds is 6. The Morgan fingerprint density at radius 1 is 1.33 bits per heavy atom. The Kier molecular flexibility index (Phi) is 5.21. The van der Waals surface area contributed by atoms with Crippen molar-refractivity contribution in [3.63, 3.8) is 0 Å². The van der Waals surface area contributed by atoms with Gasteiger partial charge in [0, 0.05) is 0 Å². The predicted molar refractivity (Wildman–Crippen MR) is 76.3 cm³/mol. The highest BCUT2D eigenvalue weighted by Gasteiger charge is 2.14. The summed E-state index contributed by atoms with van der Waals surface area (Å²) in [5.74, 6) is 1.47. The van der Waals surface area contributed by atoms with Crippen LogP contribution in [0.25, 0.3) is 0 Å². The maximum atomic E-state index is 9.70. The third-order valence-electron chi connectivity index (χ3n) is 3.41. The van der Waals surface area contributed by atoms with Crippen molar-refractivity contribution in [2.24, 2.45) is 0 Å². The first-order chi connectivity index (χ1) is 8.33. The van der Waals surface area contributed by atoms with Crippen LogP contribution in [0.3, 0.4) is 0 Å². The van der Waals surface area contributed by atoms with E-state index in [0.29, 0.717) is 5.92 Å². The number of hydrogen-bond donors (Lipinski definition) is 1. The summed E-state index contributed by atoms with van der Waals surface area (Å²) in [7, 11) is 1.70. The maximum absolute atomic E-state index is 9.70. The summed E-state index contributed by atoms with van der Waals surface area (Å²) in [6.45, 7) is 8.06. The summed E-state index contributed by atoms with van der Waals surface area (Å²) in [5.41, 5.74) is 1.99. The Balaban J connectivity index is 2.56. The van der Waals surface area contributed by atoms with Crippen molar-refractivity contribution in [3.8, 4) is 5.75 Å². The van der Waals surface area contributed by atoms with E-state index in [2.05, 4.69) is 26.0 Å². The molecule has 2 nitrogen and oxygen atoms in total. The topological polar surface area (TPSA) is 29.5 Å². The van der Waals surface area contributed by atoms with Crippen molar-refractivity contribution < 1.29 is 9.84 Å². The maximum Gasteiger partial charge on any atom is 0.121 e. The lowest BCUT2D eigenvalue weighted by atomic mass is 9.91. The second-order valence-corrected chi connectivity index (χ2v) is 5.83. The smallest absolute Gasteiger partial charge is 0.121 e. The van der Waals surface area contributed by atoms with Gasteiger partial charge in [-0.3, -0.25) is 0 Å². The van der Waals surface area contributed by atoms with Crippen molar-refractivity contribution in [3.05, 3.63) is 29.3 Å². The minimum Gasteiger partial charge on any atom is -0.496 e. The molecule has 2 heteroatoms. The molecule has 0 fully saturated rings. The van der Waals surface area contributed by atoms with Crippen LogP contribution < -0.4 is 4.74 Å². The summed E-state index contributed by atoms with van der Waals surface area (Å²) < 4.78 is 5.27. The van der Waals surface area contributed by atoms with Gasteiger partial charge < -0.3 is 9.84 Å². The Bertz CT molecular complexity index is 377. The molecule has 0 aliphatic heterocycles. The Hall–Kier alpha value is -1.02. The first kappa shape index (κ1) is 15.0. The molecule has 0 saturated heterocycles. The molecule has 0 heterocycles. The molecule has 0 aliphatic rings. The van der Waals surface area contributed by atoms with Crippen LogP contribution in [0, 0.1) is 6.92 Å². The van der Waals surface area contributed by atoms with Gasteiger partial charge >= 0.3 is 0 Å². The van der Waals surface area contributed by atoms with E-state index in [1.807, 2.05) is 19.9 Å². The fraction of sp³-hybridized carbons (Fsp3) is 0.625. The van der Waals surface area contributed by atoms with Crippen LogP contribution in [-0.4, -0.2) is 17.8 Å². The highest BCUT2D eigenvalue weighted by molar-refractivity contribution is 5.37. The molecule has 0 saturated carbocycles. The first-order valence-electron chi connectivity index (χ1n) is 6.70. The summed E-state index contributed by atoms with van der Waals surface area (Å²) in [5, 5.41) is 9.70. The van der Waals surface area contributed by atoms with Crippen molar-refractivity contribution in [1.82, 2.24) is 0 Å². The van der Waals surface area contributed by atoms with Crippen LogP contribution in [0.2, 0.25) is 0 Å². The minimum atomic E-state index is -0.546. The monoisotopic (exact) mass is 250 g/mol. The normalized spacial score (nSPS) is 13.4. The molecule has 18 heavy (non-hydrogen) atoms. The van der Waals surface area contributed by atoms with Gasteiger partial charge in [-0.1, -0.05) is 25.5 Å². The predicted octanol–water partition coefficient (Wildman–Crippen LogP) is 4.05. The largest absolute Gasteiger partial charge is 0.496 e. The van der Waals surface area contributed by atoms with Gasteiger partial charge in [-0.2, -0.15) is 0 Å². The van der Waals surface area contributed by atoms with Gasteiger partial charge in [-0.25, -0.2) is 0 Å².